The van der Waals surface area contributed by atoms with E-state index in [0.29, 0.717) is 6.54 Å². The Morgan fingerprint density at radius 3 is 2.74 bits per heavy atom. The topological polar surface area (TPSA) is 55.2 Å². The molecule has 0 aliphatic heterocycles. The van der Waals surface area contributed by atoms with Gasteiger partial charge in [-0.2, -0.15) is 0 Å². The number of nitrogens with zero attached hydrogens (tertiary/aromatic N) is 1. The Kier molecular flexibility index (Phi) is 4.16. The van der Waals surface area contributed by atoms with Crippen molar-refractivity contribution in [2.75, 3.05) is 5.32 Å². The first-order chi connectivity index (χ1) is 9.06. The van der Waals surface area contributed by atoms with Crippen molar-refractivity contribution in [2.45, 2.75) is 13.5 Å². The van der Waals surface area contributed by atoms with Gasteiger partial charge >= 0.3 is 0 Å². The van der Waals surface area contributed by atoms with Crippen LogP contribution >= 0.6 is 15.9 Å². The molecule has 0 fully saturated rings. The summed E-state index contributed by atoms with van der Waals surface area (Å²) in [5.74, 6) is 0. The average Bonchev–Trinajstić information content (AvgIpc) is 2.40. The van der Waals surface area contributed by atoms with Crippen LogP contribution in [0.25, 0.3) is 0 Å². The molecule has 0 unspecified atom stereocenters. The van der Waals surface area contributed by atoms with E-state index < -0.39 is 4.92 Å². The number of benzene rings is 2. The first-order valence-electron chi connectivity index (χ1n) is 5.79. The van der Waals surface area contributed by atoms with Crippen molar-refractivity contribution < 1.29 is 4.92 Å². The minimum atomic E-state index is -0.394. The molecule has 2 aromatic rings. The lowest BCUT2D eigenvalue weighted by Gasteiger charge is -2.08. The third-order valence-corrected chi connectivity index (χ3v) is 3.67. The minimum Gasteiger partial charge on any atom is -0.381 e. The van der Waals surface area contributed by atoms with Gasteiger partial charge in [-0.1, -0.05) is 34.1 Å². The van der Waals surface area contributed by atoms with Crippen LogP contribution in [0.2, 0.25) is 0 Å². The van der Waals surface area contributed by atoms with Crippen LogP contribution < -0.4 is 5.32 Å². The van der Waals surface area contributed by atoms with Crippen LogP contribution in [0, 0.1) is 17.0 Å². The van der Waals surface area contributed by atoms with Gasteiger partial charge in [0, 0.05) is 28.8 Å². The van der Waals surface area contributed by atoms with Crippen molar-refractivity contribution in [2.24, 2.45) is 0 Å². The monoisotopic (exact) mass is 320 g/mol. The zero-order chi connectivity index (χ0) is 13.8. The van der Waals surface area contributed by atoms with Gasteiger partial charge in [0.15, 0.2) is 0 Å². The fourth-order valence-electron chi connectivity index (χ4n) is 1.75. The fourth-order valence-corrected chi connectivity index (χ4v) is 2.00. The first-order valence-corrected chi connectivity index (χ1v) is 6.59. The molecule has 0 saturated carbocycles. The van der Waals surface area contributed by atoms with Crippen LogP contribution in [-0.4, -0.2) is 4.92 Å². The lowest BCUT2D eigenvalue weighted by Crippen LogP contribution is -2.00. The number of nitro groups is 1. The highest BCUT2D eigenvalue weighted by Gasteiger charge is 2.05. The molecule has 0 saturated heterocycles. The predicted molar refractivity (Wildman–Crippen MR) is 79.3 cm³/mol. The van der Waals surface area contributed by atoms with Crippen molar-refractivity contribution in [1.29, 1.82) is 0 Å². The second-order valence-electron chi connectivity index (χ2n) is 4.24. The van der Waals surface area contributed by atoms with Crippen LogP contribution in [0.3, 0.4) is 0 Å². The predicted octanol–water partition coefficient (Wildman–Crippen LogP) is 4.28. The van der Waals surface area contributed by atoms with Gasteiger partial charge < -0.3 is 5.32 Å². The third kappa shape index (κ3) is 3.54. The summed E-state index contributed by atoms with van der Waals surface area (Å²) >= 11 is 3.46. The molecule has 0 aliphatic carbocycles. The number of halogens is 1. The molecule has 0 heterocycles. The van der Waals surface area contributed by atoms with Gasteiger partial charge in [-0.25, -0.2) is 0 Å². The Morgan fingerprint density at radius 2 is 2.05 bits per heavy atom. The SMILES string of the molecule is Cc1cc(CNc2cccc([N+](=O)[O-])c2)ccc1Br. The molecule has 0 bridgehead atoms. The second-order valence-corrected chi connectivity index (χ2v) is 5.10. The molecule has 2 rings (SSSR count). The lowest BCUT2D eigenvalue weighted by molar-refractivity contribution is -0.384. The maximum absolute atomic E-state index is 10.7. The van der Waals surface area contributed by atoms with Crippen molar-refractivity contribution in [3.8, 4) is 0 Å². The summed E-state index contributed by atoms with van der Waals surface area (Å²) in [5.41, 5.74) is 3.14. The zero-order valence-electron chi connectivity index (χ0n) is 10.4. The maximum Gasteiger partial charge on any atom is 0.271 e. The molecular formula is C14H13BrN2O2. The molecule has 0 amide bonds. The van der Waals surface area contributed by atoms with Crippen LogP contribution in [0.15, 0.2) is 46.9 Å². The molecule has 0 aliphatic rings. The van der Waals surface area contributed by atoms with Crippen molar-refractivity contribution in [1.82, 2.24) is 0 Å². The summed E-state index contributed by atoms with van der Waals surface area (Å²) in [7, 11) is 0. The lowest BCUT2D eigenvalue weighted by atomic mass is 10.1. The molecule has 1 N–H and O–H groups in total. The number of hydrogen-bond donors (Lipinski definition) is 1. The molecule has 0 aromatic heterocycles. The summed E-state index contributed by atoms with van der Waals surface area (Å²) < 4.78 is 1.08. The number of nitro benzene ring substituents is 1. The number of rotatable bonds is 4. The average molecular weight is 321 g/mol. The Bertz CT molecular complexity index is 614. The Hall–Kier alpha value is -1.88. The van der Waals surface area contributed by atoms with E-state index in [1.165, 1.54) is 17.7 Å². The minimum absolute atomic E-state index is 0.0944. The standard InChI is InChI=1S/C14H13BrN2O2/c1-10-7-11(5-6-14(10)15)9-16-12-3-2-4-13(8-12)17(18)19/h2-8,16H,9H2,1H3. The molecule has 5 heteroatoms. The van der Waals surface area contributed by atoms with E-state index >= 15 is 0 Å². The van der Waals surface area contributed by atoms with E-state index in [9.17, 15) is 10.1 Å². The van der Waals surface area contributed by atoms with Gasteiger partial charge in [0.25, 0.3) is 5.69 Å². The van der Waals surface area contributed by atoms with Gasteiger partial charge in [0.05, 0.1) is 4.92 Å². The number of nitrogens with one attached hydrogen (secondary N) is 1. The van der Waals surface area contributed by atoms with Crippen LogP contribution in [0.4, 0.5) is 11.4 Å². The number of anilines is 1. The van der Waals surface area contributed by atoms with Gasteiger partial charge in [-0.15, -0.1) is 0 Å². The molecule has 4 nitrogen and oxygen atoms in total. The van der Waals surface area contributed by atoms with E-state index in [4.69, 9.17) is 0 Å². The normalized spacial score (nSPS) is 10.2. The first kappa shape index (κ1) is 13.5. The molecule has 0 radical (unpaired) electrons. The van der Waals surface area contributed by atoms with Gasteiger partial charge in [0.2, 0.25) is 0 Å². The van der Waals surface area contributed by atoms with Crippen LogP contribution in [0.1, 0.15) is 11.1 Å². The summed E-state index contributed by atoms with van der Waals surface area (Å²) in [6.07, 6.45) is 0. The maximum atomic E-state index is 10.7. The van der Waals surface area contributed by atoms with E-state index in [-0.39, 0.29) is 5.69 Å². The van der Waals surface area contributed by atoms with E-state index in [1.807, 2.05) is 25.1 Å². The summed E-state index contributed by atoms with van der Waals surface area (Å²) in [6.45, 7) is 2.66. The van der Waals surface area contributed by atoms with E-state index in [0.717, 1.165) is 15.7 Å². The second kappa shape index (κ2) is 5.84. The number of aryl methyl sites for hydroxylation is 1. The zero-order valence-corrected chi connectivity index (χ0v) is 12.0. The van der Waals surface area contributed by atoms with Gasteiger partial charge in [-0.3, -0.25) is 10.1 Å². The fraction of sp³-hybridized carbons (Fsp3) is 0.143. The molecule has 19 heavy (non-hydrogen) atoms. The summed E-state index contributed by atoms with van der Waals surface area (Å²) in [6, 6.07) is 12.6. The highest BCUT2D eigenvalue weighted by atomic mass is 79.9. The third-order valence-electron chi connectivity index (χ3n) is 2.78. The molecule has 0 atom stereocenters. The Labute approximate surface area is 119 Å². The van der Waals surface area contributed by atoms with Crippen molar-refractivity contribution in [3.05, 3.63) is 68.2 Å². The van der Waals surface area contributed by atoms with E-state index in [2.05, 4.69) is 27.3 Å². The highest BCUT2D eigenvalue weighted by Crippen LogP contribution is 2.20. The Balaban J connectivity index is 2.07. The van der Waals surface area contributed by atoms with Crippen molar-refractivity contribution in [3.63, 3.8) is 0 Å². The van der Waals surface area contributed by atoms with E-state index in [1.54, 1.807) is 6.07 Å². The number of non-ortho nitro benzene ring substituents is 1. The van der Waals surface area contributed by atoms with Crippen LogP contribution in [0.5, 0.6) is 0 Å². The smallest absolute Gasteiger partial charge is 0.271 e. The largest absolute Gasteiger partial charge is 0.381 e. The highest BCUT2D eigenvalue weighted by molar-refractivity contribution is 9.10. The number of hydrogen-bond acceptors (Lipinski definition) is 3. The molecule has 98 valence electrons. The van der Waals surface area contributed by atoms with Crippen molar-refractivity contribution >= 4 is 27.3 Å². The summed E-state index contributed by atoms with van der Waals surface area (Å²) in [4.78, 5) is 10.3. The van der Waals surface area contributed by atoms with Gasteiger partial charge in [0.1, 0.15) is 0 Å². The summed E-state index contributed by atoms with van der Waals surface area (Å²) in [5, 5.41) is 13.9. The molecule has 2 aromatic carbocycles. The van der Waals surface area contributed by atoms with Gasteiger partial charge in [-0.05, 0) is 30.2 Å². The molecule has 0 spiro atoms. The Morgan fingerprint density at radius 1 is 1.26 bits per heavy atom. The molecular weight excluding hydrogens is 308 g/mol. The van der Waals surface area contributed by atoms with Crippen LogP contribution in [-0.2, 0) is 6.54 Å². The quantitative estimate of drug-likeness (QED) is 0.675.